The van der Waals surface area contributed by atoms with Gasteiger partial charge in [-0.3, -0.25) is 0 Å². The van der Waals surface area contributed by atoms with Crippen LogP contribution in [0.15, 0.2) is 24.3 Å². The van der Waals surface area contributed by atoms with E-state index in [1.165, 1.54) is 12.1 Å². The lowest BCUT2D eigenvalue weighted by atomic mass is 9.94. The summed E-state index contributed by atoms with van der Waals surface area (Å²) < 4.78 is 49.9. The average molecular weight is 317 g/mol. The fraction of sp³-hybridized carbons (Fsp3) is 0.600. The minimum Gasteiger partial charge on any atom is -0.385 e. The van der Waals surface area contributed by atoms with Gasteiger partial charge in [0.25, 0.3) is 0 Å². The van der Waals surface area contributed by atoms with Crippen LogP contribution in [0.3, 0.4) is 0 Å². The van der Waals surface area contributed by atoms with Gasteiger partial charge in [0.15, 0.2) is 0 Å². The molecule has 1 aromatic rings. The molecular formula is C15H20F3O2Si. The van der Waals surface area contributed by atoms with Crippen molar-refractivity contribution in [3.63, 3.8) is 0 Å². The number of hydrogen-bond acceptors (Lipinski definition) is 2. The summed E-state index contributed by atoms with van der Waals surface area (Å²) in [5.74, 6) is 0. The number of hydrogen-bond donors (Lipinski definition) is 0. The van der Waals surface area contributed by atoms with Gasteiger partial charge in [-0.25, -0.2) is 0 Å². The molecule has 2 rings (SSSR count). The summed E-state index contributed by atoms with van der Waals surface area (Å²) in [7, 11) is -1.80. The lowest BCUT2D eigenvalue weighted by molar-refractivity contribution is -0.137. The molecule has 0 bridgehead atoms. The highest BCUT2D eigenvalue weighted by Gasteiger charge is 2.39. The van der Waals surface area contributed by atoms with Crippen molar-refractivity contribution >= 4 is 14.5 Å². The van der Waals surface area contributed by atoms with Crippen LogP contribution in [0.5, 0.6) is 0 Å². The second-order valence-electron chi connectivity index (χ2n) is 6.59. The van der Waals surface area contributed by atoms with Crippen molar-refractivity contribution in [1.29, 1.82) is 0 Å². The highest BCUT2D eigenvalue weighted by Crippen LogP contribution is 2.31. The van der Waals surface area contributed by atoms with Crippen LogP contribution >= 0.6 is 0 Å². The van der Waals surface area contributed by atoms with Crippen LogP contribution in [0.2, 0.25) is 0 Å². The maximum atomic E-state index is 12.6. The van der Waals surface area contributed by atoms with Crippen LogP contribution in [0.25, 0.3) is 0 Å². The lowest BCUT2D eigenvalue weighted by Crippen LogP contribution is -2.44. The molecule has 0 amide bonds. The fourth-order valence-electron chi connectivity index (χ4n) is 2.14. The number of benzene rings is 1. The van der Waals surface area contributed by atoms with Crippen molar-refractivity contribution in [2.45, 2.75) is 57.9 Å². The average Bonchev–Trinajstić information content (AvgIpc) is 2.45. The second kappa shape index (κ2) is 5.41. The molecule has 2 nitrogen and oxygen atoms in total. The zero-order valence-electron chi connectivity index (χ0n) is 12.7. The first-order valence-corrected chi connectivity index (χ1v) is 8.23. The largest absolute Gasteiger partial charge is 0.424 e. The van der Waals surface area contributed by atoms with E-state index in [-0.39, 0.29) is 11.2 Å². The Morgan fingerprint density at radius 2 is 1.33 bits per heavy atom. The van der Waals surface area contributed by atoms with E-state index in [2.05, 4.69) is 0 Å². The molecule has 0 aromatic heterocycles. The van der Waals surface area contributed by atoms with Crippen LogP contribution in [0, 0.1) is 0 Å². The molecule has 1 radical (unpaired) electrons. The summed E-state index contributed by atoms with van der Waals surface area (Å²) in [4.78, 5) is 0. The van der Waals surface area contributed by atoms with E-state index in [1.54, 1.807) is 0 Å². The summed E-state index contributed by atoms with van der Waals surface area (Å²) in [5, 5.41) is 0.705. The van der Waals surface area contributed by atoms with Gasteiger partial charge in [-0.05, 0) is 57.9 Å². The van der Waals surface area contributed by atoms with E-state index < -0.39 is 21.0 Å². The quantitative estimate of drug-likeness (QED) is 0.734. The monoisotopic (exact) mass is 317 g/mol. The molecule has 1 aliphatic rings. The van der Waals surface area contributed by atoms with Gasteiger partial charge < -0.3 is 8.85 Å². The van der Waals surface area contributed by atoms with Crippen molar-refractivity contribution < 1.29 is 22.0 Å². The Bertz CT molecular complexity index is 477. The zero-order valence-corrected chi connectivity index (χ0v) is 13.7. The van der Waals surface area contributed by atoms with Gasteiger partial charge in [-0.2, -0.15) is 13.2 Å². The van der Waals surface area contributed by atoms with Crippen LogP contribution in [-0.2, 0) is 15.0 Å². The van der Waals surface area contributed by atoms with E-state index in [9.17, 15) is 13.2 Å². The molecule has 0 aliphatic carbocycles. The smallest absolute Gasteiger partial charge is 0.385 e. The highest BCUT2D eigenvalue weighted by molar-refractivity contribution is 6.61. The Hall–Kier alpha value is -0.853. The first kappa shape index (κ1) is 16.5. The summed E-state index contributed by atoms with van der Waals surface area (Å²) >= 11 is 0. The minimum atomic E-state index is -4.32. The summed E-state index contributed by atoms with van der Waals surface area (Å²) in [6, 6.07) is 5.11. The molecule has 117 valence electrons. The van der Waals surface area contributed by atoms with Crippen LogP contribution < -0.4 is 5.19 Å². The fourth-order valence-corrected chi connectivity index (χ4v) is 4.06. The van der Waals surface area contributed by atoms with Gasteiger partial charge in [0.05, 0.1) is 16.8 Å². The Morgan fingerprint density at radius 1 is 0.905 bits per heavy atom. The predicted octanol–water partition coefficient (Wildman–Crippen LogP) is 3.78. The molecule has 1 heterocycles. The second-order valence-corrected chi connectivity index (χ2v) is 8.15. The number of rotatable bonds is 1. The van der Waals surface area contributed by atoms with Gasteiger partial charge in [0.1, 0.15) is 0 Å². The summed E-state index contributed by atoms with van der Waals surface area (Å²) in [5.41, 5.74) is -1.31. The van der Waals surface area contributed by atoms with Gasteiger partial charge in [0, 0.05) is 0 Å². The first-order chi connectivity index (χ1) is 9.49. The Kier molecular flexibility index (Phi) is 4.25. The third kappa shape index (κ3) is 4.31. The van der Waals surface area contributed by atoms with Crippen molar-refractivity contribution in [2.75, 3.05) is 0 Å². The Balaban J connectivity index is 2.26. The molecule has 0 unspecified atom stereocenters. The Labute approximate surface area is 125 Å². The molecule has 6 heteroatoms. The van der Waals surface area contributed by atoms with Crippen LogP contribution in [0.1, 0.15) is 46.1 Å². The number of alkyl halides is 3. The number of halogens is 3. The van der Waals surface area contributed by atoms with E-state index in [0.29, 0.717) is 5.19 Å². The molecule has 0 atom stereocenters. The molecule has 21 heavy (non-hydrogen) atoms. The highest BCUT2D eigenvalue weighted by atomic mass is 28.3. The maximum Gasteiger partial charge on any atom is 0.424 e. The minimum absolute atomic E-state index is 0.329. The zero-order chi connectivity index (χ0) is 15.9. The molecular weight excluding hydrogens is 297 g/mol. The van der Waals surface area contributed by atoms with Gasteiger partial charge in [-0.15, -0.1) is 0 Å². The predicted molar refractivity (Wildman–Crippen MR) is 76.4 cm³/mol. The van der Waals surface area contributed by atoms with Crippen LogP contribution in [0.4, 0.5) is 13.2 Å². The lowest BCUT2D eigenvalue weighted by Gasteiger charge is -2.27. The molecule has 0 saturated carbocycles. The normalized spacial score (nSPS) is 22.8. The van der Waals surface area contributed by atoms with Crippen molar-refractivity contribution in [2.24, 2.45) is 0 Å². The van der Waals surface area contributed by atoms with Crippen molar-refractivity contribution in [3.05, 3.63) is 29.8 Å². The summed E-state index contributed by atoms with van der Waals surface area (Å²) in [6.07, 6.45) is -2.61. The van der Waals surface area contributed by atoms with Gasteiger partial charge in [0.2, 0.25) is 0 Å². The topological polar surface area (TPSA) is 18.5 Å². The van der Waals surface area contributed by atoms with E-state index in [0.717, 1.165) is 25.0 Å². The molecule has 0 N–H and O–H groups in total. The first-order valence-electron chi connectivity index (χ1n) is 6.91. The summed E-state index contributed by atoms with van der Waals surface area (Å²) in [6.45, 7) is 7.97. The van der Waals surface area contributed by atoms with Gasteiger partial charge >= 0.3 is 15.5 Å². The molecule has 0 spiro atoms. The standard InChI is InChI=1S/C15H20F3O2Si/c1-13(2)9-10-14(3,4)20-21(19-13)12-7-5-11(6-8-12)15(16,17)18/h5-8H,9-10H2,1-4H3. The van der Waals surface area contributed by atoms with Crippen molar-refractivity contribution in [1.82, 2.24) is 0 Å². The molecule has 1 saturated heterocycles. The Morgan fingerprint density at radius 3 is 1.71 bits per heavy atom. The van der Waals surface area contributed by atoms with E-state index in [4.69, 9.17) is 8.85 Å². The molecule has 1 fully saturated rings. The van der Waals surface area contributed by atoms with E-state index in [1.807, 2.05) is 27.7 Å². The SMILES string of the molecule is CC1(C)CCC(C)(C)O[Si](c2ccc(C(F)(F)F)cc2)O1. The molecule has 1 aromatic carbocycles. The van der Waals surface area contributed by atoms with Gasteiger partial charge in [-0.1, -0.05) is 12.1 Å². The maximum absolute atomic E-state index is 12.6. The third-order valence-electron chi connectivity index (χ3n) is 3.52. The third-order valence-corrected chi connectivity index (χ3v) is 5.80. The van der Waals surface area contributed by atoms with Crippen molar-refractivity contribution in [3.8, 4) is 0 Å². The van der Waals surface area contributed by atoms with Crippen LogP contribution in [-0.4, -0.2) is 20.5 Å². The molecule has 1 aliphatic heterocycles. The van der Waals surface area contributed by atoms with E-state index >= 15 is 0 Å².